The largest absolute Gasteiger partial charge is 0.497 e. The van der Waals surface area contributed by atoms with E-state index < -0.39 is 20.8 Å². The van der Waals surface area contributed by atoms with Crippen molar-refractivity contribution < 1.29 is 22.5 Å². The molecule has 8 heteroatoms. The average Bonchev–Trinajstić information content (AvgIpc) is 2.81. The maximum Gasteiger partial charge on any atom is 0.263 e. The van der Waals surface area contributed by atoms with Gasteiger partial charge in [-0.25, -0.2) is 8.42 Å². The Labute approximate surface area is 121 Å². The molecule has 1 amide bonds. The van der Waals surface area contributed by atoms with E-state index in [-0.39, 0.29) is 11.3 Å². The highest BCUT2D eigenvalue weighted by atomic mass is 32.2. The van der Waals surface area contributed by atoms with Crippen molar-refractivity contribution >= 4 is 21.4 Å². The summed E-state index contributed by atoms with van der Waals surface area (Å²) in [5.41, 5.74) is 0.621. The summed E-state index contributed by atoms with van der Waals surface area (Å²) in [4.78, 5) is 12.2. The van der Waals surface area contributed by atoms with E-state index in [1.54, 1.807) is 24.3 Å². The minimum atomic E-state index is -3.67. The standard InChI is InChI=1S/C13H14N2O5S/c1-8-11(13(20-15-8)21(3,17)18)12(16)14-9-4-6-10(19-2)7-5-9/h4-7H,1-3H3,(H,14,16). The molecule has 1 N–H and O–H groups in total. The average molecular weight is 310 g/mol. The van der Waals surface area contributed by atoms with Crippen LogP contribution in [0.5, 0.6) is 5.75 Å². The lowest BCUT2D eigenvalue weighted by atomic mass is 10.2. The Bertz CT molecular complexity index is 762. The first-order chi connectivity index (χ1) is 9.82. The van der Waals surface area contributed by atoms with Gasteiger partial charge in [-0.2, -0.15) is 0 Å². The number of methoxy groups -OCH3 is 1. The second-order valence-corrected chi connectivity index (χ2v) is 6.30. The number of ether oxygens (including phenoxy) is 1. The van der Waals surface area contributed by atoms with E-state index in [1.165, 1.54) is 14.0 Å². The fourth-order valence-electron chi connectivity index (χ4n) is 1.73. The molecule has 2 rings (SSSR count). The molecule has 0 bridgehead atoms. The number of aromatic nitrogens is 1. The third kappa shape index (κ3) is 3.22. The predicted octanol–water partition coefficient (Wildman–Crippen LogP) is 1.65. The fraction of sp³-hybridized carbons (Fsp3) is 0.231. The van der Waals surface area contributed by atoms with Crippen LogP contribution in [0, 0.1) is 6.92 Å². The molecule has 0 aliphatic heterocycles. The molecule has 112 valence electrons. The molecule has 21 heavy (non-hydrogen) atoms. The van der Waals surface area contributed by atoms with Crippen molar-refractivity contribution in [3.8, 4) is 5.75 Å². The van der Waals surface area contributed by atoms with Gasteiger partial charge in [0.05, 0.1) is 12.8 Å². The molecule has 0 fully saturated rings. The van der Waals surface area contributed by atoms with E-state index in [1.807, 2.05) is 0 Å². The van der Waals surface area contributed by atoms with Gasteiger partial charge >= 0.3 is 0 Å². The molecule has 2 aromatic rings. The van der Waals surface area contributed by atoms with Gasteiger partial charge in [0, 0.05) is 11.9 Å². The number of aryl methyl sites for hydroxylation is 1. The van der Waals surface area contributed by atoms with Crippen LogP contribution < -0.4 is 10.1 Å². The Hall–Kier alpha value is -2.35. The minimum Gasteiger partial charge on any atom is -0.497 e. The highest BCUT2D eigenvalue weighted by Gasteiger charge is 2.27. The molecule has 1 aromatic carbocycles. The Morgan fingerprint density at radius 3 is 2.43 bits per heavy atom. The normalized spacial score (nSPS) is 11.2. The lowest BCUT2D eigenvalue weighted by Gasteiger charge is -2.06. The molecular formula is C13H14N2O5S. The van der Waals surface area contributed by atoms with E-state index in [4.69, 9.17) is 9.26 Å². The zero-order valence-electron chi connectivity index (χ0n) is 11.7. The number of hydrogen-bond acceptors (Lipinski definition) is 6. The number of benzene rings is 1. The monoisotopic (exact) mass is 310 g/mol. The maximum absolute atomic E-state index is 12.2. The summed E-state index contributed by atoms with van der Waals surface area (Å²) in [5.74, 6) is 0.0466. The summed E-state index contributed by atoms with van der Waals surface area (Å²) in [6.07, 6.45) is 0.955. The Balaban J connectivity index is 2.30. The summed E-state index contributed by atoms with van der Waals surface area (Å²) >= 11 is 0. The third-order valence-corrected chi connectivity index (χ3v) is 3.70. The molecule has 0 unspecified atom stereocenters. The van der Waals surface area contributed by atoms with Crippen LogP contribution in [0.1, 0.15) is 16.1 Å². The van der Waals surface area contributed by atoms with Crippen LogP contribution in [-0.4, -0.2) is 32.8 Å². The van der Waals surface area contributed by atoms with Gasteiger partial charge in [-0.15, -0.1) is 0 Å². The van der Waals surface area contributed by atoms with Crippen molar-refractivity contribution in [1.82, 2.24) is 5.16 Å². The molecule has 7 nitrogen and oxygen atoms in total. The lowest BCUT2D eigenvalue weighted by molar-refractivity contribution is 0.102. The van der Waals surface area contributed by atoms with Crippen molar-refractivity contribution in [2.45, 2.75) is 12.0 Å². The van der Waals surface area contributed by atoms with Gasteiger partial charge in [0.2, 0.25) is 9.84 Å². The van der Waals surface area contributed by atoms with Crippen LogP contribution >= 0.6 is 0 Å². The van der Waals surface area contributed by atoms with Crippen molar-refractivity contribution in [3.63, 3.8) is 0 Å². The third-order valence-electron chi connectivity index (χ3n) is 2.74. The Morgan fingerprint density at radius 2 is 1.90 bits per heavy atom. The van der Waals surface area contributed by atoms with Crippen molar-refractivity contribution in [1.29, 1.82) is 0 Å². The number of nitrogens with zero attached hydrogens (tertiary/aromatic N) is 1. The molecule has 0 spiro atoms. The Kier molecular flexibility index (Phi) is 3.99. The molecule has 0 radical (unpaired) electrons. The number of amides is 1. The van der Waals surface area contributed by atoms with E-state index in [9.17, 15) is 13.2 Å². The minimum absolute atomic E-state index is 0.0895. The molecule has 0 aliphatic carbocycles. The summed E-state index contributed by atoms with van der Waals surface area (Å²) in [6.45, 7) is 1.50. The zero-order chi connectivity index (χ0) is 15.6. The highest BCUT2D eigenvalue weighted by Crippen LogP contribution is 2.21. The quantitative estimate of drug-likeness (QED) is 0.922. The van der Waals surface area contributed by atoms with Crippen molar-refractivity contribution in [2.24, 2.45) is 0 Å². The topological polar surface area (TPSA) is 98.5 Å². The van der Waals surface area contributed by atoms with Crippen LogP contribution in [0.15, 0.2) is 33.9 Å². The van der Waals surface area contributed by atoms with Crippen LogP contribution in [0.2, 0.25) is 0 Å². The van der Waals surface area contributed by atoms with Gasteiger partial charge < -0.3 is 14.6 Å². The van der Waals surface area contributed by atoms with E-state index in [2.05, 4.69) is 10.5 Å². The molecule has 1 aromatic heterocycles. The summed E-state index contributed by atoms with van der Waals surface area (Å²) in [6, 6.07) is 6.63. The first-order valence-electron chi connectivity index (χ1n) is 5.94. The summed E-state index contributed by atoms with van der Waals surface area (Å²) < 4.78 is 32.9. The van der Waals surface area contributed by atoms with Crippen LogP contribution in [0.4, 0.5) is 5.69 Å². The SMILES string of the molecule is COc1ccc(NC(=O)c2c(C)noc2S(C)(=O)=O)cc1. The second-order valence-electron chi connectivity index (χ2n) is 4.39. The predicted molar refractivity (Wildman–Crippen MR) is 75.3 cm³/mol. The number of carbonyl (C=O) groups excluding carboxylic acids is 1. The number of hydrogen-bond donors (Lipinski definition) is 1. The number of rotatable bonds is 4. The van der Waals surface area contributed by atoms with Crippen LogP contribution in [0.25, 0.3) is 0 Å². The maximum atomic E-state index is 12.2. The van der Waals surface area contributed by atoms with Crippen molar-refractivity contribution in [3.05, 3.63) is 35.5 Å². The van der Waals surface area contributed by atoms with Crippen molar-refractivity contribution in [2.75, 3.05) is 18.7 Å². The van der Waals surface area contributed by atoms with E-state index >= 15 is 0 Å². The molecule has 1 heterocycles. The summed E-state index contributed by atoms with van der Waals surface area (Å²) in [7, 11) is -2.14. The first-order valence-corrected chi connectivity index (χ1v) is 7.84. The van der Waals surface area contributed by atoms with Gasteiger partial charge in [0.1, 0.15) is 11.3 Å². The zero-order valence-corrected chi connectivity index (χ0v) is 12.5. The van der Waals surface area contributed by atoms with Gasteiger partial charge in [0.25, 0.3) is 11.0 Å². The molecular weight excluding hydrogens is 296 g/mol. The van der Waals surface area contributed by atoms with Gasteiger partial charge in [-0.3, -0.25) is 4.79 Å². The van der Waals surface area contributed by atoms with E-state index in [0.717, 1.165) is 6.26 Å². The highest BCUT2D eigenvalue weighted by molar-refractivity contribution is 7.90. The smallest absolute Gasteiger partial charge is 0.263 e. The lowest BCUT2D eigenvalue weighted by Crippen LogP contribution is -2.15. The van der Waals surface area contributed by atoms with E-state index in [0.29, 0.717) is 11.4 Å². The van der Waals surface area contributed by atoms with Gasteiger partial charge in [-0.1, -0.05) is 5.16 Å². The van der Waals surface area contributed by atoms with Gasteiger partial charge in [-0.05, 0) is 31.2 Å². The molecule has 0 saturated carbocycles. The Morgan fingerprint density at radius 1 is 1.29 bits per heavy atom. The fourth-order valence-corrected chi connectivity index (χ4v) is 2.51. The van der Waals surface area contributed by atoms with Crippen LogP contribution in [-0.2, 0) is 9.84 Å². The molecule has 0 atom stereocenters. The molecule has 0 saturated heterocycles. The number of nitrogens with one attached hydrogen (secondary N) is 1. The first kappa shape index (κ1) is 15.0. The number of carbonyl (C=O) groups is 1. The molecule has 0 aliphatic rings. The van der Waals surface area contributed by atoms with Crippen LogP contribution in [0.3, 0.4) is 0 Å². The number of sulfone groups is 1. The summed E-state index contributed by atoms with van der Waals surface area (Å²) in [5, 5.41) is 5.69. The second kappa shape index (κ2) is 5.57. The number of anilines is 1. The van der Waals surface area contributed by atoms with Gasteiger partial charge in [0.15, 0.2) is 0 Å².